The second-order valence-corrected chi connectivity index (χ2v) is 7.67. The number of nitrogens with zero attached hydrogens (tertiary/aromatic N) is 2. The Morgan fingerprint density at radius 3 is 2.25 bits per heavy atom. The van der Waals surface area contributed by atoms with Gasteiger partial charge in [-0.1, -0.05) is 31.2 Å². The van der Waals surface area contributed by atoms with Crippen LogP contribution in [0.25, 0.3) is 0 Å². The lowest BCUT2D eigenvalue weighted by atomic mass is 9.88. The molecule has 0 aliphatic carbocycles. The lowest BCUT2D eigenvalue weighted by Crippen LogP contribution is -2.58. The fraction of sp³-hybridized carbons (Fsp3) is 0.348. The van der Waals surface area contributed by atoms with E-state index in [9.17, 15) is 24.6 Å². The molecule has 2 aromatic carbocycles. The first kappa shape index (κ1) is 22.9. The number of primary amides is 1. The topological polar surface area (TPSA) is 136 Å². The summed E-state index contributed by atoms with van der Waals surface area (Å²) in [4.78, 5) is 41.8. The lowest BCUT2D eigenvalue weighted by Gasteiger charge is -2.38. The number of piperazine rings is 1. The number of phenolic OH excluding ortho intramolecular Hbond substituents is 2. The van der Waals surface area contributed by atoms with Gasteiger partial charge >= 0.3 is 0 Å². The number of hydrogen-bond donors (Lipinski definition) is 4. The monoisotopic (exact) mass is 440 g/mol. The molecule has 5 N–H and O–H groups in total. The van der Waals surface area contributed by atoms with Crippen LogP contribution in [0.1, 0.15) is 24.8 Å². The number of aromatic hydroxyl groups is 2. The summed E-state index contributed by atoms with van der Waals surface area (Å²) < 4.78 is 0. The quantitative estimate of drug-likeness (QED) is 0.505. The third kappa shape index (κ3) is 5.11. The molecule has 2 atom stereocenters. The van der Waals surface area contributed by atoms with Gasteiger partial charge < -0.3 is 31.1 Å². The molecule has 9 heteroatoms. The van der Waals surface area contributed by atoms with Gasteiger partial charge in [0.05, 0.1) is 5.92 Å². The minimum absolute atomic E-state index is 0.0629. The highest BCUT2D eigenvalue weighted by molar-refractivity contribution is 5.96. The number of nitrogens with one attached hydrogen (secondary N) is 1. The van der Waals surface area contributed by atoms with E-state index in [-0.39, 0.29) is 23.5 Å². The number of para-hydroxylation sites is 1. The van der Waals surface area contributed by atoms with Gasteiger partial charge in [-0.15, -0.1) is 0 Å². The molecule has 0 bridgehead atoms. The Labute approximate surface area is 186 Å². The number of benzene rings is 2. The SMILES string of the molecule is CCC(=O)N[C@H](C(=O)N1CCN(c2ccccc2)CC1)C(C(N)=O)c1ccc(O)cc1O. The number of nitrogens with two attached hydrogens (primary N) is 1. The maximum Gasteiger partial charge on any atom is 0.246 e. The summed E-state index contributed by atoms with van der Waals surface area (Å²) in [6.07, 6.45) is 0.110. The summed E-state index contributed by atoms with van der Waals surface area (Å²) in [5, 5.41) is 22.5. The van der Waals surface area contributed by atoms with E-state index >= 15 is 0 Å². The van der Waals surface area contributed by atoms with Crippen molar-refractivity contribution in [2.45, 2.75) is 25.3 Å². The van der Waals surface area contributed by atoms with E-state index in [1.807, 2.05) is 30.3 Å². The Kier molecular flexibility index (Phi) is 7.19. The number of phenols is 2. The Morgan fingerprint density at radius 1 is 1.03 bits per heavy atom. The van der Waals surface area contributed by atoms with Crippen molar-refractivity contribution in [1.29, 1.82) is 0 Å². The molecule has 170 valence electrons. The summed E-state index contributed by atoms with van der Waals surface area (Å²) in [5.41, 5.74) is 6.73. The molecule has 0 aromatic heterocycles. The maximum atomic E-state index is 13.4. The molecule has 32 heavy (non-hydrogen) atoms. The van der Waals surface area contributed by atoms with Gasteiger partial charge in [-0.25, -0.2) is 0 Å². The zero-order valence-electron chi connectivity index (χ0n) is 17.9. The van der Waals surface area contributed by atoms with Gasteiger partial charge in [-0.2, -0.15) is 0 Å². The van der Waals surface area contributed by atoms with Crippen LogP contribution in [0.4, 0.5) is 5.69 Å². The van der Waals surface area contributed by atoms with E-state index in [4.69, 9.17) is 5.73 Å². The fourth-order valence-corrected chi connectivity index (χ4v) is 3.88. The molecule has 1 aliphatic rings. The standard InChI is InChI=1S/C23H28N4O5/c1-2-19(30)25-21(20(22(24)31)17-9-8-16(28)14-18(17)29)23(32)27-12-10-26(11-13-27)15-6-4-3-5-7-15/h3-9,14,20-21,28-29H,2,10-13H2,1H3,(H2,24,31)(H,25,30)/t20?,21-/m0/s1. The van der Waals surface area contributed by atoms with Crippen molar-refractivity contribution in [1.82, 2.24) is 10.2 Å². The average molecular weight is 441 g/mol. The molecule has 1 fully saturated rings. The van der Waals surface area contributed by atoms with Gasteiger partial charge in [0.25, 0.3) is 0 Å². The maximum absolute atomic E-state index is 13.4. The molecule has 1 saturated heterocycles. The van der Waals surface area contributed by atoms with Gasteiger partial charge in [0.15, 0.2) is 0 Å². The third-order valence-electron chi connectivity index (χ3n) is 5.61. The summed E-state index contributed by atoms with van der Waals surface area (Å²) >= 11 is 0. The van der Waals surface area contributed by atoms with Crippen molar-refractivity contribution < 1.29 is 24.6 Å². The molecular formula is C23H28N4O5. The first-order valence-electron chi connectivity index (χ1n) is 10.5. The van der Waals surface area contributed by atoms with Crippen molar-refractivity contribution in [3.8, 4) is 11.5 Å². The van der Waals surface area contributed by atoms with Crippen LogP contribution < -0.4 is 16.0 Å². The molecule has 3 amide bonds. The zero-order chi connectivity index (χ0) is 23.3. The van der Waals surface area contributed by atoms with Crippen LogP contribution >= 0.6 is 0 Å². The van der Waals surface area contributed by atoms with E-state index in [1.54, 1.807) is 11.8 Å². The number of hydrogen-bond acceptors (Lipinski definition) is 6. The average Bonchev–Trinajstić information content (AvgIpc) is 2.79. The highest BCUT2D eigenvalue weighted by atomic mass is 16.3. The van der Waals surface area contributed by atoms with Gasteiger partial charge in [-0.05, 0) is 18.2 Å². The number of anilines is 1. The minimum Gasteiger partial charge on any atom is -0.508 e. The molecule has 2 aromatic rings. The van der Waals surface area contributed by atoms with Crippen molar-refractivity contribution in [2.24, 2.45) is 5.73 Å². The molecule has 1 heterocycles. The summed E-state index contributed by atoms with van der Waals surface area (Å²) in [6, 6.07) is 12.2. The van der Waals surface area contributed by atoms with Gasteiger partial charge in [0.2, 0.25) is 17.7 Å². The van der Waals surface area contributed by atoms with Crippen LogP contribution in [0.5, 0.6) is 11.5 Å². The first-order chi connectivity index (χ1) is 15.3. The normalized spacial score (nSPS) is 15.7. The van der Waals surface area contributed by atoms with E-state index in [1.165, 1.54) is 12.1 Å². The van der Waals surface area contributed by atoms with Crippen LogP contribution in [-0.4, -0.2) is 65.1 Å². The van der Waals surface area contributed by atoms with Crippen molar-refractivity contribution in [3.05, 3.63) is 54.1 Å². The van der Waals surface area contributed by atoms with Crippen LogP contribution in [0.2, 0.25) is 0 Å². The predicted octanol–water partition coefficient (Wildman–Crippen LogP) is 0.910. The number of carbonyl (C=O) groups excluding carboxylic acids is 3. The number of carbonyl (C=O) groups is 3. The van der Waals surface area contributed by atoms with Crippen molar-refractivity contribution in [2.75, 3.05) is 31.1 Å². The summed E-state index contributed by atoms with van der Waals surface area (Å²) in [6.45, 7) is 3.62. The van der Waals surface area contributed by atoms with Crippen LogP contribution in [0.15, 0.2) is 48.5 Å². The molecule has 3 rings (SSSR count). The van der Waals surface area contributed by atoms with Gasteiger partial charge in [-0.3, -0.25) is 14.4 Å². The fourth-order valence-electron chi connectivity index (χ4n) is 3.88. The molecule has 0 saturated carbocycles. The molecule has 9 nitrogen and oxygen atoms in total. The lowest BCUT2D eigenvalue weighted by molar-refractivity contribution is -0.139. The van der Waals surface area contributed by atoms with Crippen molar-refractivity contribution >= 4 is 23.4 Å². The Hall–Kier alpha value is -3.75. The third-order valence-corrected chi connectivity index (χ3v) is 5.61. The molecule has 0 radical (unpaired) electrons. The smallest absolute Gasteiger partial charge is 0.246 e. The Bertz CT molecular complexity index is 974. The van der Waals surface area contributed by atoms with Crippen LogP contribution in [-0.2, 0) is 14.4 Å². The number of rotatable bonds is 7. The molecule has 0 spiro atoms. The molecular weight excluding hydrogens is 412 g/mol. The minimum atomic E-state index is -1.30. The Balaban J connectivity index is 1.85. The molecule has 1 aliphatic heterocycles. The predicted molar refractivity (Wildman–Crippen MR) is 119 cm³/mol. The second kappa shape index (κ2) is 10.0. The zero-order valence-corrected chi connectivity index (χ0v) is 17.9. The molecule has 1 unspecified atom stereocenters. The highest BCUT2D eigenvalue weighted by Gasteiger charge is 2.39. The van der Waals surface area contributed by atoms with E-state index < -0.39 is 29.7 Å². The van der Waals surface area contributed by atoms with E-state index in [0.29, 0.717) is 26.2 Å². The van der Waals surface area contributed by atoms with Gasteiger partial charge in [0.1, 0.15) is 17.5 Å². The van der Waals surface area contributed by atoms with Crippen LogP contribution in [0.3, 0.4) is 0 Å². The van der Waals surface area contributed by atoms with E-state index in [2.05, 4.69) is 10.2 Å². The second-order valence-electron chi connectivity index (χ2n) is 7.67. The number of amides is 3. The Morgan fingerprint density at radius 2 is 1.69 bits per heavy atom. The first-order valence-corrected chi connectivity index (χ1v) is 10.5. The summed E-state index contributed by atoms with van der Waals surface area (Å²) in [5.74, 6) is -3.63. The van der Waals surface area contributed by atoms with E-state index in [0.717, 1.165) is 11.8 Å². The largest absolute Gasteiger partial charge is 0.508 e. The van der Waals surface area contributed by atoms with Gasteiger partial charge in [0, 0.05) is 49.9 Å². The van der Waals surface area contributed by atoms with Crippen LogP contribution in [0, 0.1) is 0 Å². The van der Waals surface area contributed by atoms with Crippen molar-refractivity contribution in [3.63, 3.8) is 0 Å². The highest BCUT2D eigenvalue weighted by Crippen LogP contribution is 2.32. The summed E-state index contributed by atoms with van der Waals surface area (Å²) in [7, 11) is 0.